The number of ketones is 1. The fourth-order valence-electron chi connectivity index (χ4n) is 5.16. The van der Waals surface area contributed by atoms with Crippen molar-refractivity contribution < 1.29 is 4.79 Å². The van der Waals surface area contributed by atoms with Crippen LogP contribution in [0, 0.1) is 17.3 Å². The van der Waals surface area contributed by atoms with Gasteiger partial charge in [-0.3, -0.25) is 4.79 Å². The molecular weight excluding hydrogens is 280 g/mol. The molecule has 1 nitrogen and oxygen atoms in total. The summed E-state index contributed by atoms with van der Waals surface area (Å²) in [7, 11) is 0. The lowest BCUT2D eigenvalue weighted by molar-refractivity contribution is -0.115. The minimum atomic E-state index is 0.207. The maximum atomic E-state index is 11.7. The lowest BCUT2D eigenvalue weighted by Crippen LogP contribution is -2.34. The number of hydrogen-bond donors (Lipinski definition) is 0. The predicted molar refractivity (Wildman–Crippen MR) is 97.2 cm³/mol. The molecule has 0 saturated carbocycles. The summed E-state index contributed by atoms with van der Waals surface area (Å²) in [6.45, 7) is 9.06. The molecule has 0 aromatic carbocycles. The van der Waals surface area contributed by atoms with Gasteiger partial charge in [-0.25, -0.2) is 0 Å². The Hall–Kier alpha value is -1.11. The normalized spacial score (nSPS) is 35.4. The van der Waals surface area contributed by atoms with Crippen molar-refractivity contribution in [3.8, 4) is 0 Å². The van der Waals surface area contributed by atoms with Crippen molar-refractivity contribution in [2.45, 2.75) is 79.1 Å². The van der Waals surface area contributed by atoms with Gasteiger partial charge in [-0.15, -0.1) is 0 Å². The third kappa shape index (κ3) is 2.77. The standard InChI is InChI=1S/C19H24O.C3H8/c1-12-3-5-16-15(12)7-8-18-17(16)6-4-13-11-14(20)9-10-19(13,18)2;1-3-2/h5,11-12,15H,3-4,6-10H2,1-2H3;3H2,1-2H3. The molecule has 0 saturated heterocycles. The Morgan fingerprint density at radius 1 is 1.17 bits per heavy atom. The van der Waals surface area contributed by atoms with Crippen molar-refractivity contribution in [2.24, 2.45) is 17.3 Å². The van der Waals surface area contributed by atoms with Gasteiger partial charge in [-0.1, -0.05) is 51.3 Å². The zero-order chi connectivity index (χ0) is 16.6. The van der Waals surface area contributed by atoms with Crippen molar-refractivity contribution >= 4 is 5.78 Å². The van der Waals surface area contributed by atoms with Gasteiger partial charge in [0.25, 0.3) is 0 Å². The van der Waals surface area contributed by atoms with E-state index in [1.54, 1.807) is 16.7 Å². The van der Waals surface area contributed by atoms with Crippen LogP contribution < -0.4 is 0 Å². The zero-order valence-electron chi connectivity index (χ0n) is 15.4. The number of fused-ring (bicyclic) bond motifs is 4. The van der Waals surface area contributed by atoms with Gasteiger partial charge in [0, 0.05) is 11.8 Å². The van der Waals surface area contributed by atoms with Gasteiger partial charge in [0.2, 0.25) is 0 Å². The molecule has 0 bridgehead atoms. The minimum Gasteiger partial charge on any atom is -0.295 e. The van der Waals surface area contributed by atoms with Crippen LogP contribution >= 0.6 is 0 Å². The topological polar surface area (TPSA) is 17.1 Å². The largest absolute Gasteiger partial charge is 0.295 e. The first kappa shape index (κ1) is 16.7. The molecule has 0 spiro atoms. The van der Waals surface area contributed by atoms with E-state index in [2.05, 4.69) is 33.8 Å². The van der Waals surface area contributed by atoms with Gasteiger partial charge in [0.05, 0.1) is 0 Å². The molecule has 4 aliphatic carbocycles. The van der Waals surface area contributed by atoms with Gasteiger partial charge in [-0.2, -0.15) is 0 Å². The van der Waals surface area contributed by atoms with Crippen LogP contribution in [-0.4, -0.2) is 5.78 Å². The monoisotopic (exact) mass is 312 g/mol. The van der Waals surface area contributed by atoms with Crippen molar-refractivity contribution in [1.29, 1.82) is 0 Å². The summed E-state index contributed by atoms with van der Waals surface area (Å²) >= 11 is 0. The number of rotatable bonds is 0. The molecule has 0 radical (unpaired) electrons. The Balaban J connectivity index is 0.000000485. The maximum Gasteiger partial charge on any atom is 0.155 e. The maximum absolute atomic E-state index is 11.7. The van der Waals surface area contributed by atoms with Gasteiger partial charge in [0.1, 0.15) is 0 Å². The highest BCUT2D eigenvalue weighted by Crippen LogP contribution is 2.57. The average molecular weight is 312 g/mol. The predicted octanol–water partition coefficient (Wildman–Crippen LogP) is 6.16. The lowest BCUT2D eigenvalue weighted by Gasteiger charge is -2.46. The molecule has 0 aromatic heterocycles. The molecule has 3 atom stereocenters. The zero-order valence-corrected chi connectivity index (χ0v) is 15.4. The summed E-state index contributed by atoms with van der Waals surface area (Å²) in [6, 6.07) is 0. The minimum absolute atomic E-state index is 0.207. The van der Waals surface area contributed by atoms with Crippen LogP contribution in [-0.2, 0) is 4.79 Å². The Bertz CT molecular complexity index is 589. The molecule has 0 aliphatic heterocycles. The second-order valence-electron chi connectivity index (χ2n) is 8.15. The van der Waals surface area contributed by atoms with Crippen LogP contribution in [0.2, 0.25) is 0 Å². The Labute approximate surface area is 141 Å². The fourth-order valence-corrected chi connectivity index (χ4v) is 5.16. The summed E-state index contributed by atoms with van der Waals surface area (Å²) in [4.78, 5) is 11.7. The van der Waals surface area contributed by atoms with E-state index < -0.39 is 0 Å². The molecule has 0 fully saturated rings. The molecule has 0 N–H and O–H groups in total. The molecule has 0 heterocycles. The second-order valence-corrected chi connectivity index (χ2v) is 8.15. The Morgan fingerprint density at radius 2 is 1.91 bits per heavy atom. The van der Waals surface area contributed by atoms with E-state index in [9.17, 15) is 4.79 Å². The van der Waals surface area contributed by atoms with Gasteiger partial charge >= 0.3 is 0 Å². The quantitative estimate of drug-likeness (QED) is 0.523. The van der Waals surface area contributed by atoms with Crippen LogP contribution in [0.25, 0.3) is 0 Å². The second kappa shape index (κ2) is 6.42. The lowest BCUT2D eigenvalue weighted by atomic mass is 9.58. The highest BCUT2D eigenvalue weighted by atomic mass is 16.1. The third-order valence-electron chi connectivity index (χ3n) is 6.44. The highest BCUT2D eigenvalue weighted by molar-refractivity contribution is 5.92. The molecule has 4 rings (SSSR count). The van der Waals surface area contributed by atoms with Crippen LogP contribution in [0.5, 0.6) is 0 Å². The first-order valence-corrected chi connectivity index (χ1v) is 9.68. The summed E-state index contributed by atoms with van der Waals surface area (Å²) in [5.74, 6) is 2.02. The van der Waals surface area contributed by atoms with E-state index >= 15 is 0 Å². The first-order chi connectivity index (χ1) is 11.0. The van der Waals surface area contributed by atoms with E-state index in [0.717, 1.165) is 31.1 Å². The van der Waals surface area contributed by atoms with Crippen LogP contribution in [0.3, 0.4) is 0 Å². The Morgan fingerprint density at radius 3 is 2.65 bits per heavy atom. The van der Waals surface area contributed by atoms with E-state index in [1.807, 2.05) is 6.08 Å². The van der Waals surface area contributed by atoms with E-state index in [4.69, 9.17) is 0 Å². The fraction of sp³-hybridized carbons (Fsp3) is 0.682. The molecule has 0 amide bonds. The highest BCUT2D eigenvalue weighted by Gasteiger charge is 2.44. The SMILES string of the molecule is CC1CC=C2C3=C(CCC21)C1(C)CCC(=O)C=C1CC3.CCC. The molecule has 126 valence electrons. The summed E-state index contributed by atoms with van der Waals surface area (Å²) in [5, 5.41) is 0. The molecule has 3 unspecified atom stereocenters. The first-order valence-electron chi connectivity index (χ1n) is 9.68. The van der Waals surface area contributed by atoms with Crippen molar-refractivity contribution in [3.63, 3.8) is 0 Å². The van der Waals surface area contributed by atoms with Crippen molar-refractivity contribution in [2.75, 3.05) is 0 Å². The third-order valence-corrected chi connectivity index (χ3v) is 6.44. The van der Waals surface area contributed by atoms with Crippen molar-refractivity contribution in [3.05, 3.63) is 34.4 Å². The number of carbonyl (C=O) groups is 1. The molecule has 4 aliphatic rings. The van der Waals surface area contributed by atoms with Crippen LogP contribution in [0.4, 0.5) is 0 Å². The number of allylic oxidation sites excluding steroid dienone is 6. The average Bonchev–Trinajstić information content (AvgIpc) is 2.90. The van der Waals surface area contributed by atoms with Gasteiger partial charge < -0.3 is 0 Å². The number of carbonyl (C=O) groups excluding carboxylic acids is 1. The summed E-state index contributed by atoms with van der Waals surface area (Å²) in [6.07, 6.45) is 13.7. The molecule has 0 aromatic rings. The smallest absolute Gasteiger partial charge is 0.155 e. The number of hydrogen-bond acceptors (Lipinski definition) is 1. The van der Waals surface area contributed by atoms with E-state index in [-0.39, 0.29) is 5.41 Å². The summed E-state index contributed by atoms with van der Waals surface area (Å²) in [5.41, 5.74) is 6.71. The van der Waals surface area contributed by atoms with Gasteiger partial charge in [-0.05, 0) is 67.6 Å². The van der Waals surface area contributed by atoms with E-state index in [0.29, 0.717) is 5.78 Å². The van der Waals surface area contributed by atoms with Crippen LogP contribution in [0.1, 0.15) is 79.1 Å². The van der Waals surface area contributed by atoms with Crippen molar-refractivity contribution in [1.82, 2.24) is 0 Å². The summed E-state index contributed by atoms with van der Waals surface area (Å²) < 4.78 is 0. The molecule has 1 heteroatoms. The van der Waals surface area contributed by atoms with Crippen LogP contribution in [0.15, 0.2) is 34.4 Å². The van der Waals surface area contributed by atoms with Gasteiger partial charge in [0.15, 0.2) is 5.78 Å². The van der Waals surface area contributed by atoms with E-state index in [1.165, 1.54) is 37.7 Å². The Kier molecular flexibility index (Phi) is 4.67. The molecule has 23 heavy (non-hydrogen) atoms. The molecular formula is C22H32O.